The second-order valence-electron chi connectivity index (χ2n) is 14.5. The highest BCUT2D eigenvalue weighted by Gasteiger charge is 2.35. The van der Waals surface area contributed by atoms with Crippen LogP contribution in [-0.4, -0.2) is 81.7 Å². The summed E-state index contributed by atoms with van der Waals surface area (Å²) in [6, 6.07) is 14.4. The molecule has 2 amide bonds. The Balaban J connectivity index is 1.43. The summed E-state index contributed by atoms with van der Waals surface area (Å²) in [6.07, 6.45) is 4.73. The highest BCUT2D eigenvalue weighted by molar-refractivity contribution is 6.02. The van der Waals surface area contributed by atoms with Crippen molar-refractivity contribution in [3.05, 3.63) is 81.5 Å². The molecule has 1 aromatic heterocycles. The predicted octanol–water partition coefficient (Wildman–Crippen LogP) is 6.52. The molecule has 9 nitrogen and oxygen atoms in total. The summed E-state index contributed by atoms with van der Waals surface area (Å²) >= 11 is 0. The van der Waals surface area contributed by atoms with Crippen molar-refractivity contribution >= 4 is 18.0 Å². The van der Waals surface area contributed by atoms with Crippen LogP contribution in [0.4, 0.5) is 4.79 Å². The number of ether oxygens (including phenoxy) is 2. The van der Waals surface area contributed by atoms with Gasteiger partial charge in [0.25, 0.3) is 5.91 Å². The van der Waals surface area contributed by atoms with Crippen molar-refractivity contribution in [3.63, 3.8) is 0 Å². The van der Waals surface area contributed by atoms with E-state index in [-0.39, 0.29) is 30.6 Å². The number of carbonyl (C=O) groups is 3. The van der Waals surface area contributed by atoms with Crippen molar-refractivity contribution in [1.82, 2.24) is 19.3 Å². The van der Waals surface area contributed by atoms with E-state index in [1.165, 1.54) is 30.4 Å². The summed E-state index contributed by atoms with van der Waals surface area (Å²) in [4.78, 5) is 47.4. The number of amides is 2. The lowest BCUT2D eigenvalue weighted by Gasteiger charge is -2.41. The lowest BCUT2D eigenvalue weighted by atomic mass is 9.89. The van der Waals surface area contributed by atoms with Gasteiger partial charge < -0.3 is 28.7 Å². The topological polar surface area (TPSA) is 84.3 Å². The van der Waals surface area contributed by atoms with Crippen LogP contribution >= 0.6 is 0 Å². The van der Waals surface area contributed by atoms with Crippen LogP contribution in [-0.2, 0) is 42.5 Å². The van der Waals surface area contributed by atoms with Gasteiger partial charge in [-0.15, -0.1) is 0 Å². The van der Waals surface area contributed by atoms with E-state index in [2.05, 4.69) is 34.1 Å². The first-order valence-electron chi connectivity index (χ1n) is 17.5. The zero-order valence-corrected chi connectivity index (χ0v) is 29.4. The number of hydrogen-bond donors (Lipinski definition) is 0. The minimum absolute atomic E-state index is 0.0258. The predicted molar refractivity (Wildman–Crippen MR) is 186 cm³/mol. The quantitative estimate of drug-likeness (QED) is 0.282. The lowest BCUT2D eigenvalue weighted by molar-refractivity contribution is 0.0223. The van der Waals surface area contributed by atoms with E-state index in [4.69, 9.17) is 9.47 Å². The molecule has 0 radical (unpaired) electrons. The highest BCUT2D eigenvalue weighted by Crippen LogP contribution is 2.36. The van der Waals surface area contributed by atoms with Crippen molar-refractivity contribution in [3.8, 4) is 11.3 Å². The maximum absolute atomic E-state index is 15.1. The summed E-state index contributed by atoms with van der Waals surface area (Å²) in [6.45, 7) is 14.0. The number of carbonyl (C=O) groups excluding carboxylic acids is 3. The third-order valence-corrected chi connectivity index (χ3v) is 10.1. The zero-order valence-electron chi connectivity index (χ0n) is 29.4. The molecule has 0 unspecified atom stereocenters. The van der Waals surface area contributed by atoms with Gasteiger partial charge in [0.2, 0.25) is 0 Å². The minimum Gasteiger partial charge on any atom is -0.462 e. The first-order valence-corrected chi connectivity index (χ1v) is 17.5. The second kappa shape index (κ2) is 13.8. The van der Waals surface area contributed by atoms with Crippen molar-refractivity contribution < 1.29 is 23.9 Å². The monoisotopic (exact) mass is 654 g/mol. The van der Waals surface area contributed by atoms with E-state index in [0.717, 1.165) is 54.1 Å². The first kappa shape index (κ1) is 33.8. The SMILES string of the molecule is CCOC(=O)c1cc(-c2cc3c(cc2C(=O)N2Cc4ccccc4C[C@H]2CN2CCCCC2)CN(C(=O)OC(C)(C)C)CC3)n(C)c1C. The van der Waals surface area contributed by atoms with Crippen LogP contribution in [0, 0.1) is 6.92 Å². The molecule has 1 atom stereocenters. The maximum atomic E-state index is 15.1. The molecule has 3 aromatic rings. The van der Waals surface area contributed by atoms with Gasteiger partial charge in [0.15, 0.2) is 0 Å². The molecule has 9 heteroatoms. The normalized spacial score (nSPS) is 18.2. The van der Waals surface area contributed by atoms with Gasteiger partial charge in [-0.3, -0.25) is 4.79 Å². The van der Waals surface area contributed by atoms with Crippen LogP contribution in [0.5, 0.6) is 0 Å². The average Bonchev–Trinajstić information content (AvgIpc) is 3.36. The summed E-state index contributed by atoms with van der Waals surface area (Å²) in [5, 5.41) is 0. The molecule has 3 aliphatic heterocycles. The third-order valence-electron chi connectivity index (χ3n) is 10.1. The third kappa shape index (κ3) is 7.02. The number of hydrogen-bond acceptors (Lipinski definition) is 6. The molecule has 256 valence electrons. The number of rotatable bonds is 6. The zero-order chi connectivity index (χ0) is 34.2. The maximum Gasteiger partial charge on any atom is 0.410 e. The molecule has 2 aromatic carbocycles. The Morgan fingerprint density at radius 2 is 1.60 bits per heavy atom. The van der Waals surface area contributed by atoms with Gasteiger partial charge in [-0.05, 0) is 114 Å². The van der Waals surface area contributed by atoms with E-state index >= 15 is 4.79 Å². The molecular formula is C39H50N4O5. The van der Waals surface area contributed by atoms with Gasteiger partial charge >= 0.3 is 12.1 Å². The number of esters is 1. The largest absolute Gasteiger partial charge is 0.462 e. The van der Waals surface area contributed by atoms with Crippen LogP contribution in [0.15, 0.2) is 42.5 Å². The lowest BCUT2D eigenvalue weighted by Crippen LogP contribution is -2.51. The number of likely N-dealkylation sites (tertiary alicyclic amines) is 1. The van der Waals surface area contributed by atoms with Crippen molar-refractivity contribution in [1.29, 1.82) is 0 Å². The summed E-state index contributed by atoms with van der Waals surface area (Å²) < 4.78 is 13.1. The fraction of sp³-hybridized carbons (Fsp3) is 0.513. The number of fused-ring (bicyclic) bond motifs is 2. The Labute approximate surface area is 284 Å². The highest BCUT2D eigenvalue weighted by atomic mass is 16.6. The van der Waals surface area contributed by atoms with Crippen molar-refractivity contribution in [2.75, 3.05) is 32.8 Å². The molecule has 0 aliphatic carbocycles. The van der Waals surface area contributed by atoms with Crippen LogP contribution in [0.2, 0.25) is 0 Å². The van der Waals surface area contributed by atoms with Gasteiger partial charge in [-0.2, -0.15) is 0 Å². The van der Waals surface area contributed by atoms with E-state index in [1.807, 2.05) is 57.5 Å². The van der Waals surface area contributed by atoms with Gasteiger partial charge in [0, 0.05) is 61.8 Å². The smallest absolute Gasteiger partial charge is 0.410 e. The molecule has 1 fully saturated rings. The van der Waals surface area contributed by atoms with Gasteiger partial charge in [0.05, 0.1) is 12.2 Å². The van der Waals surface area contributed by atoms with Gasteiger partial charge in [-0.25, -0.2) is 9.59 Å². The van der Waals surface area contributed by atoms with E-state index in [1.54, 1.807) is 11.8 Å². The van der Waals surface area contributed by atoms with Gasteiger partial charge in [-0.1, -0.05) is 30.7 Å². The summed E-state index contributed by atoms with van der Waals surface area (Å²) in [5.74, 6) is -0.403. The molecule has 1 saturated heterocycles. The summed E-state index contributed by atoms with van der Waals surface area (Å²) in [5.41, 5.74) is 7.36. The Morgan fingerprint density at radius 3 is 2.31 bits per heavy atom. The van der Waals surface area contributed by atoms with E-state index in [9.17, 15) is 9.59 Å². The van der Waals surface area contributed by atoms with Crippen LogP contribution in [0.3, 0.4) is 0 Å². The Morgan fingerprint density at radius 1 is 0.875 bits per heavy atom. The molecule has 0 saturated carbocycles. The number of piperidine rings is 1. The van der Waals surface area contributed by atoms with E-state index in [0.29, 0.717) is 37.2 Å². The average molecular weight is 655 g/mol. The standard InChI is InChI=1S/C39H50N4O5/c1-7-47-37(45)32-22-35(40(6)26(32)2)33-20-28-15-18-42(38(46)48-39(3,4)5)23-30(28)21-34(33)36(44)43-24-29-14-10-9-13-27(29)19-31(43)25-41-16-11-8-12-17-41/h9-10,13-14,20-22,31H,7-8,11-12,15-19,23-25H2,1-6H3/t31-/m0/s1. The Bertz CT molecular complexity index is 1700. The molecule has 4 heterocycles. The number of benzene rings is 2. The molecule has 48 heavy (non-hydrogen) atoms. The fourth-order valence-corrected chi connectivity index (χ4v) is 7.44. The van der Waals surface area contributed by atoms with Crippen molar-refractivity contribution in [2.45, 2.75) is 91.5 Å². The van der Waals surface area contributed by atoms with Gasteiger partial charge in [0.1, 0.15) is 5.60 Å². The molecule has 0 spiro atoms. The number of aromatic nitrogens is 1. The molecule has 3 aliphatic rings. The fourth-order valence-electron chi connectivity index (χ4n) is 7.44. The second-order valence-corrected chi connectivity index (χ2v) is 14.5. The molecule has 0 N–H and O–H groups in total. The van der Waals surface area contributed by atoms with Crippen LogP contribution < -0.4 is 0 Å². The van der Waals surface area contributed by atoms with Crippen LogP contribution in [0.25, 0.3) is 11.3 Å². The number of nitrogens with zero attached hydrogens (tertiary/aromatic N) is 4. The Kier molecular flexibility index (Phi) is 9.70. The first-order chi connectivity index (χ1) is 22.9. The van der Waals surface area contributed by atoms with Crippen molar-refractivity contribution in [2.24, 2.45) is 7.05 Å². The summed E-state index contributed by atoms with van der Waals surface area (Å²) in [7, 11) is 1.93. The molecule has 6 rings (SSSR count). The minimum atomic E-state index is -0.600. The van der Waals surface area contributed by atoms with Crippen LogP contribution in [0.1, 0.15) is 95.6 Å². The van der Waals surface area contributed by atoms with E-state index < -0.39 is 5.60 Å². The Hall–Kier alpha value is -4.11. The molecular weight excluding hydrogens is 604 g/mol. The molecule has 0 bridgehead atoms.